The van der Waals surface area contributed by atoms with Crippen LogP contribution >= 0.6 is 15.6 Å². The van der Waals surface area contributed by atoms with E-state index in [2.05, 4.69) is 34.6 Å². The Balaban J connectivity index is 5.06. The second kappa shape index (κ2) is 61.6. The molecule has 2 unspecified atom stereocenters. The van der Waals surface area contributed by atoms with Crippen molar-refractivity contribution in [1.29, 1.82) is 0 Å². The molecule has 87 heavy (non-hydrogen) atoms. The van der Waals surface area contributed by atoms with Crippen LogP contribution in [0.4, 0.5) is 0 Å². The van der Waals surface area contributed by atoms with Gasteiger partial charge in [0.1, 0.15) is 19.3 Å². The highest BCUT2D eigenvalue weighted by Gasteiger charge is 2.30. The van der Waals surface area contributed by atoms with Crippen LogP contribution in [-0.2, 0) is 65.4 Å². The summed E-state index contributed by atoms with van der Waals surface area (Å²) in [7, 11) is -9.88. The summed E-state index contributed by atoms with van der Waals surface area (Å²) in [6.07, 6.45) is 47.9. The van der Waals surface area contributed by atoms with E-state index in [9.17, 15) is 43.2 Å². The van der Waals surface area contributed by atoms with Gasteiger partial charge in [0.05, 0.1) is 26.4 Å². The maximum absolute atomic E-state index is 13.0. The monoisotopic (exact) mass is 1280 g/mol. The van der Waals surface area contributed by atoms with Crippen LogP contribution in [0.3, 0.4) is 0 Å². The first-order valence-corrected chi connectivity index (χ1v) is 38.6. The number of aliphatic hydroxyl groups is 1. The molecule has 0 rings (SSSR count). The van der Waals surface area contributed by atoms with E-state index in [1.54, 1.807) is 0 Å². The number of aliphatic hydroxyl groups excluding tert-OH is 1. The molecule has 0 spiro atoms. The molecule has 0 aliphatic rings. The van der Waals surface area contributed by atoms with Gasteiger partial charge in [0.25, 0.3) is 0 Å². The molecule has 0 saturated carbocycles. The van der Waals surface area contributed by atoms with Crippen LogP contribution in [0.2, 0.25) is 0 Å². The molecular weight excluding hydrogens is 1150 g/mol. The number of phosphoric ester groups is 2. The number of carbonyl (C=O) groups excluding carboxylic acids is 4. The Hall–Kier alpha value is -1.94. The minimum absolute atomic E-state index is 0.104. The summed E-state index contributed by atoms with van der Waals surface area (Å²) >= 11 is 0. The topological polar surface area (TPSA) is 237 Å². The Morgan fingerprint density at radius 2 is 0.529 bits per heavy atom. The largest absolute Gasteiger partial charge is 0.472 e. The third-order valence-corrected chi connectivity index (χ3v) is 17.7. The highest BCUT2D eigenvalue weighted by molar-refractivity contribution is 7.47. The number of hydrogen-bond acceptors (Lipinski definition) is 15. The zero-order valence-corrected chi connectivity index (χ0v) is 57.9. The number of hydrogen-bond donors (Lipinski definition) is 3. The van der Waals surface area contributed by atoms with Gasteiger partial charge < -0.3 is 33.8 Å². The lowest BCUT2D eigenvalue weighted by molar-refractivity contribution is -0.161. The van der Waals surface area contributed by atoms with Gasteiger partial charge in [-0.05, 0) is 31.6 Å². The first-order chi connectivity index (χ1) is 42.0. The van der Waals surface area contributed by atoms with Crippen molar-refractivity contribution in [3.63, 3.8) is 0 Å². The van der Waals surface area contributed by atoms with Gasteiger partial charge in [-0.3, -0.25) is 37.3 Å². The van der Waals surface area contributed by atoms with Gasteiger partial charge in [-0.25, -0.2) is 9.13 Å². The van der Waals surface area contributed by atoms with Crippen molar-refractivity contribution in [1.82, 2.24) is 0 Å². The van der Waals surface area contributed by atoms with E-state index >= 15 is 0 Å². The number of unbranched alkanes of at least 4 members (excludes halogenated alkanes) is 40. The van der Waals surface area contributed by atoms with Crippen molar-refractivity contribution in [3.8, 4) is 0 Å². The highest BCUT2D eigenvalue weighted by atomic mass is 31.2. The van der Waals surface area contributed by atoms with E-state index in [1.807, 2.05) is 0 Å². The first kappa shape index (κ1) is 85.1. The third-order valence-electron chi connectivity index (χ3n) is 15.8. The fourth-order valence-corrected chi connectivity index (χ4v) is 11.9. The molecule has 5 atom stereocenters. The van der Waals surface area contributed by atoms with Crippen molar-refractivity contribution in [2.75, 3.05) is 39.6 Å². The summed E-state index contributed by atoms with van der Waals surface area (Å²) in [5.41, 5.74) is 0. The van der Waals surface area contributed by atoms with Gasteiger partial charge >= 0.3 is 39.5 Å². The second-order valence-electron chi connectivity index (χ2n) is 25.0. The van der Waals surface area contributed by atoms with Gasteiger partial charge in [0.2, 0.25) is 0 Å². The van der Waals surface area contributed by atoms with E-state index in [1.165, 1.54) is 161 Å². The van der Waals surface area contributed by atoms with E-state index in [0.29, 0.717) is 25.7 Å². The molecule has 0 aliphatic carbocycles. The number of ether oxygens (including phenoxy) is 4. The summed E-state index contributed by atoms with van der Waals surface area (Å²) < 4.78 is 67.8. The Morgan fingerprint density at radius 3 is 0.782 bits per heavy atom. The quantitative estimate of drug-likeness (QED) is 0.0222. The molecule has 0 aromatic heterocycles. The maximum Gasteiger partial charge on any atom is 0.472 e. The van der Waals surface area contributed by atoms with Gasteiger partial charge in [-0.2, -0.15) is 0 Å². The molecule has 3 N–H and O–H groups in total. The van der Waals surface area contributed by atoms with Gasteiger partial charge in [-0.15, -0.1) is 0 Å². The Bertz CT molecular complexity index is 1690. The van der Waals surface area contributed by atoms with Crippen molar-refractivity contribution in [2.24, 2.45) is 5.92 Å². The maximum atomic E-state index is 13.0. The van der Waals surface area contributed by atoms with Crippen LogP contribution in [0.25, 0.3) is 0 Å². The Labute approximate surface area is 530 Å². The molecule has 0 aromatic carbocycles. The lowest BCUT2D eigenvalue weighted by Gasteiger charge is -2.21. The van der Waals surface area contributed by atoms with Crippen molar-refractivity contribution < 1.29 is 80.2 Å². The first-order valence-electron chi connectivity index (χ1n) is 35.6. The van der Waals surface area contributed by atoms with Crippen molar-refractivity contribution in [3.05, 3.63) is 0 Å². The van der Waals surface area contributed by atoms with Crippen LogP contribution < -0.4 is 0 Å². The van der Waals surface area contributed by atoms with Gasteiger partial charge in [0, 0.05) is 25.7 Å². The van der Waals surface area contributed by atoms with E-state index in [-0.39, 0.29) is 25.7 Å². The number of carbonyl (C=O) groups is 4. The van der Waals surface area contributed by atoms with Crippen LogP contribution in [-0.4, -0.2) is 96.7 Å². The molecule has 0 amide bonds. The third kappa shape index (κ3) is 62.6. The highest BCUT2D eigenvalue weighted by Crippen LogP contribution is 2.45. The Kier molecular flexibility index (Phi) is 60.2. The van der Waals surface area contributed by atoms with Crippen LogP contribution in [0.15, 0.2) is 0 Å². The molecule has 516 valence electrons. The zero-order valence-electron chi connectivity index (χ0n) is 56.2. The van der Waals surface area contributed by atoms with Crippen LogP contribution in [0, 0.1) is 5.92 Å². The molecule has 0 aromatic rings. The van der Waals surface area contributed by atoms with Crippen molar-refractivity contribution >= 4 is 39.5 Å². The average Bonchev–Trinajstić information content (AvgIpc) is 3.69. The summed E-state index contributed by atoms with van der Waals surface area (Å²) in [6, 6.07) is 0. The molecular formula is C68H132O17P2. The van der Waals surface area contributed by atoms with Crippen LogP contribution in [0.1, 0.15) is 349 Å². The second-order valence-corrected chi connectivity index (χ2v) is 27.9. The summed E-state index contributed by atoms with van der Waals surface area (Å²) in [6.45, 7) is 7.08. The fraction of sp³-hybridized carbons (Fsp3) is 0.941. The predicted molar refractivity (Wildman–Crippen MR) is 349 cm³/mol. The molecule has 17 nitrogen and oxygen atoms in total. The SMILES string of the molecule is CCCCCCCCCCCCCCCCCCCCCCCCC(=O)O[C@H](COC(=O)CCCCCCCCCCCC(C)C)COP(=O)(O)OC[C@@H](O)COP(=O)(O)OC[C@@H](COC(=O)CCCCCCC)OC(=O)CCCCCCCCCC. The molecule has 0 saturated heterocycles. The molecule has 0 radical (unpaired) electrons. The van der Waals surface area contributed by atoms with Crippen molar-refractivity contribution in [2.45, 2.75) is 368 Å². The molecule has 0 heterocycles. The fourth-order valence-electron chi connectivity index (χ4n) is 10.3. The normalized spacial score (nSPS) is 14.1. The average molecular weight is 1280 g/mol. The summed E-state index contributed by atoms with van der Waals surface area (Å²) in [4.78, 5) is 72.0. The summed E-state index contributed by atoms with van der Waals surface area (Å²) in [5, 5.41) is 10.5. The number of phosphoric acid groups is 2. The molecule has 19 heteroatoms. The lowest BCUT2D eigenvalue weighted by atomic mass is 10.0. The Morgan fingerprint density at radius 1 is 0.310 bits per heavy atom. The number of esters is 4. The van der Waals surface area contributed by atoms with Crippen LogP contribution in [0.5, 0.6) is 0 Å². The van der Waals surface area contributed by atoms with E-state index < -0.39 is 97.5 Å². The lowest BCUT2D eigenvalue weighted by Crippen LogP contribution is -2.30. The summed E-state index contributed by atoms with van der Waals surface area (Å²) in [5.74, 6) is -1.40. The minimum Gasteiger partial charge on any atom is -0.462 e. The smallest absolute Gasteiger partial charge is 0.462 e. The van der Waals surface area contributed by atoms with Gasteiger partial charge in [0.15, 0.2) is 12.2 Å². The van der Waals surface area contributed by atoms with E-state index in [4.69, 9.17) is 37.0 Å². The number of rotatable bonds is 68. The molecule has 0 bridgehead atoms. The van der Waals surface area contributed by atoms with E-state index in [0.717, 1.165) is 109 Å². The predicted octanol–water partition coefficient (Wildman–Crippen LogP) is 19.4. The molecule has 0 aliphatic heterocycles. The standard InChI is InChI=1S/C68H132O17P2/c1-6-9-12-15-17-19-20-21-22-23-24-25-26-27-28-29-30-31-34-39-44-49-54-68(73)85-64(58-79-66(71)52-47-42-38-35-32-33-36-41-45-50-61(4)5)60-83-87(76,77)81-56-62(69)55-80-86(74,75)82-59-63(57-78-65(70)51-46-40-14-11-8-3)84-67(72)53-48-43-37-18-16-13-10-7-2/h61-64,69H,6-60H2,1-5H3,(H,74,75)(H,76,77)/t62-,63+,64+/m0/s1. The minimum atomic E-state index is -4.95. The molecule has 0 fully saturated rings. The zero-order chi connectivity index (χ0) is 64.2. The van der Waals surface area contributed by atoms with Gasteiger partial charge in [-0.1, -0.05) is 298 Å².